The number of piperidine rings is 2. The second-order valence-corrected chi connectivity index (χ2v) is 25.0. The van der Waals surface area contributed by atoms with E-state index >= 15 is 0 Å². The Hall–Kier alpha value is -3.36. The number of carbonyl (C=O) groups excluding carboxylic acids is 2. The number of anilines is 4. The molecule has 4 aromatic heterocycles. The van der Waals surface area contributed by atoms with Crippen LogP contribution in [0.4, 0.5) is 22.7 Å². The summed E-state index contributed by atoms with van der Waals surface area (Å²) in [7, 11) is -6.40. The zero-order valence-electron chi connectivity index (χ0n) is 34.0. The minimum atomic E-state index is -3.21. The van der Waals surface area contributed by atoms with Crippen molar-refractivity contribution in [2.24, 2.45) is 0 Å². The van der Waals surface area contributed by atoms with Crippen molar-refractivity contribution in [1.82, 2.24) is 19.4 Å². The number of aromatic nitrogens is 2. The highest BCUT2D eigenvalue weighted by atomic mass is 79.9. The van der Waals surface area contributed by atoms with E-state index in [2.05, 4.69) is 68.4 Å². The topological polar surface area (TPSA) is 183 Å². The van der Waals surface area contributed by atoms with Gasteiger partial charge < -0.3 is 20.4 Å². The molecule has 23 heteroatoms. The number of thiazole rings is 2. The molecule has 2 aliphatic rings. The van der Waals surface area contributed by atoms with E-state index in [0.717, 1.165) is 35.5 Å². The lowest BCUT2D eigenvalue weighted by atomic mass is 10.0. The summed E-state index contributed by atoms with van der Waals surface area (Å²) in [4.78, 5) is 38.1. The number of hydrogen-bond donors (Lipinski definition) is 5. The van der Waals surface area contributed by atoms with Gasteiger partial charge in [0, 0.05) is 49.0 Å². The van der Waals surface area contributed by atoms with Crippen LogP contribution in [-0.2, 0) is 20.0 Å². The molecule has 0 unspecified atom stereocenters. The molecule has 2 saturated heterocycles. The van der Waals surface area contributed by atoms with Crippen LogP contribution in [0.3, 0.4) is 0 Å². The predicted octanol–water partition coefficient (Wildman–Crippen LogP) is 8.84. The number of thiol groups is 1. The maximum Gasteiger partial charge on any atom is 0.275 e. The number of nitrogens with one attached hydrogen (secondary N) is 4. The fourth-order valence-electron chi connectivity index (χ4n) is 6.61. The maximum atomic E-state index is 12.8. The van der Waals surface area contributed by atoms with Crippen molar-refractivity contribution in [3.8, 4) is 0 Å². The lowest BCUT2D eigenvalue weighted by molar-refractivity contribution is 0.101. The van der Waals surface area contributed by atoms with Gasteiger partial charge in [0.25, 0.3) is 11.8 Å². The van der Waals surface area contributed by atoms with Gasteiger partial charge >= 0.3 is 0 Å². The molecule has 2 aromatic carbocycles. The molecule has 6 heterocycles. The molecule has 8 rings (SSSR count). The average Bonchev–Trinajstić information content (AvgIpc) is 4.09. The van der Waals surface area contributed by atoms with Crippen LogP contribution in [0.25, 0.3) is 0 Å². The number of carbonyl (C=O) groups is 2. The molecule has 336 valence electrons. The molecule has 0 bridgehead atoms. The summed E-state index contributed by atoms with van der Waals surface area (Å²) < 4.78 is 54.8. The molecule has 6 aromatic rings. The Balaban J connectivity index is 0.000000187. The molecule has 63 heavy (non-hydrogen) atoms. The van der Waals surface area contributed by atoms with Crippen molar-refractivity contribution in [2.75, 3.05) is 59.1 Å². The van der Waals surface area contributed by atoms with E-state index in [-0.39, 0.29) is 23.9 Å². The van der Waals surface area contributed by atoms with Gasteiger partial charge in [-0.15, -0.1) is 58.0 Å². The summed E-state index contributed by atoms with van der Waals surface area (Å²) in [5.74, 6) is -0.497. The number of amides is 2. The second kappa shape index (κ2) is 23.2. The normalized spacial score (nSPS) is 14.9. The second-order valence-electron chi connectivity index (χ2n) is 14.2. The molecule has 0 aliphatic carbocycles. The van der Waals surface area contributed by atoms with Gasteiger partial charge in [-0.1, -0.05) is 36.4 Å². The van der Waals surface area contributed by atoms with Crippen molar-refractivity contribution in [1.29, 1.82) is 0 Å². The monoisotopic (exact) mass is 1070 g/mol. The van der Waals surface area contributed by atoms with Crippen LogP contribution in [-0.4, -0.2) is 89.4 Å². The lowest BCUT2D eigenvalue weighted by Gasteiger charge is -2.34. The number of hydrogen-bond acceptors (Lipinski definition) is 16. The number of sulfonamides is 2. The number of halogens is 1. The van der Waals surface area contributed by atoms with E-state index in [1.54, 1.807) is 45.2 Å². The molecule has 0 radical (unpaired) electrons. The van der Waals surface area contributed by atoms with Gasteiger partial charge in [0.15, 0.2) is 8.26 Å². The van der Waals surface area contributed by atoms with E-state index in [1.165, 1.54) is 35.2 Å². The Morgan fingerprint density at radius 2 is 1.14 bits per heavy atom. The van der Waals surface area contributed by atoms with Gasteiger partial charge in [-0.05, 0) is 101 Å². The van der Waals surface area contributed by atoms with Crippen molar-refractivity contribution in [3.63, 3.8) is 0 Å². The molecular weight excluding hydrogens is 1020 g/mol. The summed E-state index contributed by atoms with van der Waals surface area (Å²) in [6, 6.07) is 23.1. The van der Waals surface area contributed by atoms with Gasteiger partial charge in [0.1, 0.15) is 11.4 Å². The van der Waals surface area contributed by atoms with Crippen molar-refractivity contribution >= 4 is 140 Å². The van der Waals surface area contributed by atoms with Gasteiger partial charge in [0.2, 0.25) is 20.0 Å². The molecule has 2 fully saturated rings. The molecule has 2 aliphatic heterocycles. The standard InChI is InChI=1S/C20H22N4O3S4.C16H19BrN4O3S2.C4H4S2/c1-31(26,27)23-14-8-10-24(11-9-14)17-6-3-2-5-15(17)21-19(25)16-13-29-20(22-16)30-18-7-4-12-28-18;1-26(23,24)20-11-6-8-21(9-7-11)14-5-3-2-4-12(14)18-15(22)13-10-25-16(17)19-13;5-4-2-1-3-6-4/h2-7,12-14,23H,8-11H2,1H3,(H,21,25);2-5,10-11,20H,6-9H2,1H3,(H,18,22);1-3,5H. The van der Waals surface area contributed by atoms with Gasteiger partial charge in [0.05, 0.1) is 43.7 Å². The number of nitrogens with zero attached hydrogens (tertiary/aromatic N) is 4. The third-order valence-corrected chi connectivity index (χ3v) is 16.4. The van der Waals surface area contributed by atoms with E-state index in [4.69, 9.17) is 0 Å². The minimum absolute atomic E-state index is 0.0460. The van der Waals surface area contributed by atoms with Crippen LogP contribution in [0.2, 0.25) is 0 Å². The molecular formula is C40H45BrN8O6S8. The first-order valence-corrected chi connectivity index (χ1v) is 28.7. The summed E-state index contributed by atoms with van der Waals surface area (Å²) in [6.45, 7) is 2.83. The van der Waals surface area contributed by atoms with Crippen LogP contribution in [0.1, 0.15) is 46.7 Å². The summed E-state index contributed by atoms with van der Waals surface area (Å²) in [6.07, 6.45) is 5.23. The summed E-state index contributed by atoms with van der Waals surface area (Å²) in [5.41, 5.74) is 4.06. The van der Waals surface area contributed by atoms with E-state index in [0.29, 0.717) is 67.2 Å². The Labute approximate surface area is 402 Å². The molecule has 0 spiro atoms. The van der Waals surface area contributed by atoms with Crippen molar-refractivity contribution in [3.05, 3.63) is 110 Å². The van der Waals surface area contributed by atoms with Gasteiger partial charge in [-0.2, -0.15) is 0 Å². The highest BCUT2D eigenvalue weighted by molar-refractivity contribution is 9.11. The first-order chi connectivity index (χ1) is 30.1. The van der Waals surface area contributed by atoms with Crippen LogP contribution in [0.15, 0.2) is 111 Å². The number of rotatable bonds is 12. The number of thiophene rings is 2. The molecule has 2 amide bonds. The highest BCUT2D eigenvalue weighted by Gasteiger charge is 2.25. The number of benzene rings is 2. The van der Waals surface area contributed by atoms with Crippen LogP contribution in [0.5, 0.6) is 0 Å². The van der Waals surface area contributed by atoms with Gasteiger partial charge in [-0.3, -0.25) is 9.59 Å². The van der Waals surface area contributed by atoms with Crippen molar-refractivity contribution < 1.29 is 26.4 Å². The van der Waals surface area contributed by atoms with Crippen molar-refractivity contribution in [2.45, 2.75) is 50.5 Å². The van der Waals surface area contributed by atoms with Crippen LogP contribution >= 0.6 is 85.7 Å². The largest absolute Gasteiger partial charge is 0.370 e. The van der Waals surface area contributed by atoms with E-state index in [1.807, 2.05) is 83.6 Å². The Morgan fingerprint density at radius 1 is 0.667 bits per heavy atom. The maximum absolute atomic E-state index is 12.8. The third kappa shape index (κ3) is 15.9. The third-order valence-electron chi connectivity index (χ3n) is 9.35. The smallest absolute Gasteiger partial charge is 0.275 e. The zero-order valence-corrected chi connectivity index (χ0v) is 42.2. The van der Waals surface area contributed by atoms with Crippen LogP contribution in [0, 0.1) is 0 Å². The first kappa shape index (κ1) is 49.1. The number of para-hydroxylation sites is 4. The predicted molar refractivity (Wildman–Crippen MR) is 267 cm³/mol. The molecule has 0 saturated carbocycles. The minimum Gasteiger partial charge on any atom is -0.370 e. The quantitative estimate of drug-likeness (QED) is 0.0739. The summed E-state index contributed by atoms with van der Waals surface area (Å²) >= 11 is 15.0. The Morgan fingerprint density at radius 3 is 1.56 bits per heavy atom. The molecule has 4 N–H and O–H groups in total. The first-order valence-electron chi connectivity index (χ1n) is 19.3. The fraction of sp³-hybridized carbons (Fsp3) is 0.300. The molecule has 14 nitrogen and oxygen atoms in total. The van der Waals surface area contributed by atoms with E-state index < -0.39 is 20.0 Å². The fourth-order valence-corrected chi connectivity index (χ4v) is 12.8. The lowest BCUT2D eigenvalue weighted by Crippen LogP contribution is -2.44. The Kier molecular flexibility index (Phi) is 18.1. The van der Waals surface area contributed by atoms with E-state index in [9.17, 15) is 26.4 Å². The SMILES string of the molecule is CS(=O)(=O)NC1CCN(c2ccccc2NC(=O)c2csc(Br)n2)CC1.CS(=O)(=O)NC1CCN(c2ccccc2NC(=O)c2csc(Sc3cccs3)n2)CC1.Sc1cccs1. The van der Waals surface area contributed by atoms with Crippen LogP contribution < -0.4 is 29.9 Å². The average molecular weight is 1070 g/mol. The Bertz CT molecular complexity index is 2630. The summed E-state index contributed by atoms with van der Waals surface area (Å²) in [5, 5.41) is 13.4. The van der Waals surface area contributed by atoms with Gasteiger partial charge in [-0.25, -0.2) is 36.2 Å². The molecule has 0 atom stereocenters. The zero-order chi connectivity index (χ0) is 45.0. The highest BCUT2D eigenvalue weighted by Crippen LogP contribution is 2.34.